The molecule has 1 aromatic heterocycles. The first kappa shape index (κ1) is 22.3. The number of imide groups is 1. The third kappa shape index (κ3) is 4.49. The number of fused-ring (bicyclic) bond motifs is 1. The van der Waals surface area contributed by atoms with Crippen LogP contribution < -0.4 is 0 Å². The van der Waals surface area contributed by atoms with Crippen molar-refractivity contribution < 1.29 is 9.59 Å². The van der Waals surface area contributed by atoms with E-state index in [9.17, 15) is 9.59 Å². The number of carbonyl (C=O) groups excluding carboxylic acids is 2. The summed E-state index contributed by atoms with van der Waals surface area (Å²) >= 11 is 7.13. The number of hydrogen-bond donors (Lipinski definition) is 0. The molecule has 1 aliphatic carbocycles. The van der Waals surface area contributed by atoms with Crippen LogP contribution in [-0.4, -0.2) is 27.2 Å². The van der Waals surface area contributed by atoms with Gasteiger partial charge in [-0.1, -0.05) is 61.2 Å². The molecule has 33 heavy (non-hydrogen) atoms. The number of amides is 2. The molecule has 170 valence electrons. The first-order chi connectivity index (χ1) is 16.0. The molecule has 1 saturated carbocycles. The van der Waals surface area contributed by atoms with Crippen LogP contribution in [-0.2, 0) is 11.3 Å². The second kappa shape index (κ2) is 9.40. The van der Waals surface area contributed by atoms with Crippen molar-refractivity contribution in [1.82, 2.24) is 9.47 Å². The third-order valence-corrected chi connectivity index (χ3v) is 8.01. The average Bonchev–Trinajstić information content (AvgIpc) is 3.24. The molecule has 1 aliphatic heterocycles. The van der Waals surface area contributed by atoms with Gasteiger partial charge in [-0.15, -0.1) is 0 Å². The lowest BCUT2D eigenvalue weighted by Gasteiger charge is -2.25. The van der Waals surface area contributed by atoms with Crippen molar-refractivity contribution in [1.29, 1.82) is 0 Å². The molecule has 5 rings (SSSR count). The predicted molar refractivity (Wildman–Crippen MR) is 136 cm³/mol. The minimum absolute atomic E-state index is 0.139. The van der Waals surface area contributed by atoms with Crippen LogP contribution in [0.2, 0.25) is 5.02 Å². The lowest BCUT2D eigenvalue weighted by atomic mass is 9.89. The van der Waals surface area contributed by atoms with E-state index in [4.69, 9.17) is 11.6 Å². The number of nitrogens with zero attached hydrogens (tertiary/aromatic N) is 2. The maximum Gasteiger partial charge on any atom is 0.293 e. The van der Waals surface area contributed by atoms with E-state index in [0.29, 0.717) is 23.9 Å². The SMILES string of the molecule is Cc1c(/C=C2/SC(=O)N(CC3CCCCC3)C2=O)c2ccccc2n1Cc1ccc(Cl)cc1. The van der Waals surface area contributed by atoms with E-state index in [2.05, 4.69) is 23.6 Å². The highest BCUT2D eigenvalue weighted by atomic mass is 35.5. The molecule has 2 aromatic carbocycles. The first-order valence-corrected chi connectivity index (χ1v) is 12.8. The molecule has 4 nitrogen and oxygen atoms in total. The maximum absolute atomic E-state index is 13.2. The van der Waals surface area contributed by atoms with Crippen molar-refractivity contribution >= 4 is 51.5 Å². The van der Waals surface area contributed by atoms with Crippen LogP contribution in [0.15, 0.2) is 53.4 Å². The molecule has 2 heterocycles. The van der Waals surface area contributed by atoms with Crippen molar-refractivity contribution in [2.45, 2.75) is 45.6 Å². The standard InChI is InChI=1S/C27H27ClN2O2S/c1-18-23(15-25-26(31)30(27(32)33-25)17-19-7-3-2-4-8-19)22-9-5-6-10-24(22)29(18)16-20-11-13-21(28)14-12-20/h5-6,9-15,19H,2-4,7-8,16-17H2,1H3/b25-15+. The molecule has 0 atom stereocenters. The molecular weight excluding hydrogens is 452 g/mol. The van der Waals surface area contributed by atoms with E-state index in [1.165, 1.54) is 24.2 Å². The highest BCUT2D eigenvalue weighted by molar-refractivity contribution is 8.18. The van der Waals surface area contributed by atoms with Gasteiger partial charge in [0.05, 0.1) is 4.91 Å². The van der Waals surface area contributed by atoms with Gasteiger partial charge in [-0.05, 0) is 67.3 Å². The molecule has 0 radical (unpaired) electrons. The van der Waals surface area contributed by atoms with Crippen LogP contribution in [0.4, 0.5) is 4.79 Å². The normalized spacial score (nSPS) is 18.7. The largest absolute Gasteiger partial charge is 0.340 e. The van der Waals surface area contributed by atoms with E-state index >= 15 is 0 Å². The van der Waals surface area contributed by atoms with Crippen LogP contribution in [0.5, 0.6) is 0 Å². The number of para-hydroxylation sites is 1. The Morgan fingerprint density at radius 3 is 2.52 bits per heavy atom. The molecule has 0 spiro atoms. The Morgan fingerprint density at radius 1 is 1.03 bits per heavy atom. The zero-order valence-electron chi connectivity index (χ0n) is 18.7. The van der Waals surface area contributed by atoms with E-state index in [1.807, 2.05) is 42.5 Å². The Morgan fingerprint density at radius 2 is 1.76 bits per heavy atom. The lowest BCUT2D eigenvalue weighted by molar-refractivity contribution is -0.123. The second-order valence-corrected chi connectivity index (χ2v) is 10.5. The quantitative estimate of drug-likeness (QED) is 0.362. The number of aromatic nitrogens is 1. The molecule has 0 bridgehead atoms. The number of rotatable bonds is 5. The molecule has 0 unspecified atom stereocenters. The predicted octanol–water partition coefficient (Wildman–Crippen LogP) is 7.27. The van der Waals surface area contributed by atoms with Gasteiger partial charge in [-0.3, -0.25) is 14.5 Å². The highest BCUT2D eigenvalue weighted by Crippen LogP contribution is 2.37. The molecular formula is C27H27ClN2O2S. The number of hydrogen-bond acceptors (Lipinski definition) is 3. The number of benzene rings is 2. The van der Waals surface area contributed by atoms with Crippen molar-refractivity contribution in [2.24, 2.45) is 5.92 Å². The first-order valence-electron chi connectivity index (χ1n) is 11.6. The fraction of sp³-hybridized carbons (Fsp3) is 0.333. The summed E-state index contributed by atoms with van der Waals surface area (Å²) in [5.74, 6) is 0.291. The third-order valence-electron chi connectivity index (χ3n) is 6.85. The zero-order valence-corrected chi connectivity index (χ0v) is 20.3. The molecule has 3 aromatic rings. The summed E-state index contributed by atoms with van der Waals surface area (Å²) in [5, 5.41) is 1.67. The summed E-state index contributed by atoms with van der Waals surface area (Å²) in [6, 6.07) is 16.1. The van der Waals surface area contributed by atoms with Crippen LogP contribution in [0.25, 0.3) is 17.0 Å². The molecule has 2 fully saturated rings. The number of carbonyl (C=O) groups is 2. The molecule has 2 amide bonds. The van der Waals surface area contributed by atoms with Crippen molar-refractivity contribution in [3.8, 4) is 0 Å². The van der Waals surface area contributed by atoms with E-state index < -0.39 is 0 Å². The molecule has 6 heteroatoms. The van der Waals surface area contributed by atoms with Gasteiger partial charge in [0, 0.05) is 40.3 Å². The monoisotopic (exact) mass is 478 g/mol. The lowest BCUT2D eigenvalue weighted by Crippen LogP contribution is -2.34. The zero-order chi connectivity index (χ0) is 22.9. The van der Waals surface area contributed by atoms with Crippen LogP contribution in [0.3, 0.4) is 0 Å². The Balaban J connectivity index is 1.47. The van der Waals surface area contributed by atoms with Gasteiger partial charge in [0.15, 0.2) is 0 Å². The van der Waals surface area contributed by atoms with Crippen LogP contribution >= 0.6 is 23.4 Å². The summed E-state index contributed by atoms with van der Waals surface area (Å²) in [6.45, 7) is 3.34. The van der Waals surface area contributed by atoms with E-state index in [0.717, 1.165) is 57.3 Å². The molecule has 1 saturated heterocycles. The summed E-state index contributed by atoms with van der Waals surface area (Å²) < 4.78 is 2.26. The van der Waals surface area contributed by atoms with Crippen molar-refractivity contribution in [3.63, 3.8) is 0 Å². The van der Waals surface area contributed by atoms with Gasteiger partial charge in [0.25, 0.3) is 11.1 Å². The minimum Gasteiger partial charge on any atom is -0.340 e. The fourth-order valence-electron chi connectivity index (χ4n) is 5.03. The summed E-state index contributed by atoms with van der Waals surface area (Å²) in [7, 11) is 0. The van der Waals surface area contributed by atoms with Crippen molar-refractivity contribution in [2.75, 3.05) is 6.54 Å². The smallest absolute Gasteiger partial charge is 0.293 e. The summed E-state index contributed by atoms with van der Waals surface area (Å²) in [4.78, 5) is 27.8. The number of halogens is 1. The van der Waals surface area contributed by atoms with Crippen LogP contribution in [0, 0.1) is 12.8 Å². The van der Waals surface area contributed by atoms with E-state index in [1.54, 1.807) is 0 Å². The molecule has 2 aliphatic rings. The molecule has 0 N–H and O–H groups in total. The Bertz CT molecular complexity index is 1240. The Labute approximate surface area is 203 Å². The Hall–Kier alpha value is -2.50. The van der Waals surface area contributed by atoms with Crippen molar-refractivity contribution in [3.05, 3.63) is 75.3 Å². The van der Waals surface area contributed by atoms with Gasteiger partial charge in [-0.25, -0.2) is 0 Å². The van der Waals surface area contributed by atoms with Gasteiger partial charge >= 0.3 is 0 Å². The van der Waals surface area contributed by atoms with Crippen LogP contribution in [0.1, 0.15) is 48.9 Å². The Kier molecular flexibility index (Phi) is 6.35. The van der Waals surface area contributed by atoms with Gasteiger partial charge in [-0.2, -0.15) is 0 Å². The minimum atomic E-state index is -0.149. The van der Waals surface area contributed by atoms with E-state index in [-0.39, 0.29) is 11.1 Å². The average molecular weight is 479 g/mol. The van der Waals surface area contributed by atoms with Gasteiger partial charge < -0.3 is 4.57 Å². The second-order valence-electron chi connectivity index (χ2n) is 9.03. The fourth-order valence-corrected chi connectivity index (χ4v) is 5.99. The topological polar surface area (TPSA) is 42.3 Å². The number of thioether (sulfide) groups is 1. The maximum atomic E-state index is 13.2. The summed E-state index contributed by atoms with van der Waals surface area (Å²) in [5.41, 5.74) is 4.34. The summed E-state index contributed by atoms with van der Waals surface area (Å²) in [6.07, 6.45) is 7.79. The highest BCUT2D eigenvalue weighted by Gasteiger charge is 2.36. The van der Waals surface area contributed by atoms with Gasteiger partial charge in [0.2, 0.25) is 0 Å². The van der Waals surface area contributed by atoms with Gasteiger partial charge in [0.1, 0.15) is 0 Å².